The van der Waals surface area contributed by atoms with Crippen LogP contribution in [-0.4, -0.2) is 6.54 Å². The Labute approximate surface area is 120 Å². The highest BCUT2D eigenvalue weighted by Crippen LogP contribution is 2.25. The van der Waals surface area contributed by atoms with Crippen molar-refractivity contribution in [3.63, 3.8) is 0 Å². The lowest BCUT2D eigenvalue weighted by atomic mass is 9.97. The van der Waals surface area contributed by atoms with Crippen molar-refractivity contribution >= 4 is 0 Å². The monoisotopic (exact) mass is 297 g/mol. The molecular weight excluding hydrogens is 282 g/mol. The standard InChI is InChI=1S/C16H15F4N/c1-2-21-14(9-10-5-3-4-6-12(10)17)11-7-8-13(18)16(20)15(11)19/h3-8,14,21H,2,9H2,1H3. The van der Waals surface area contributed by atoms with Crippen molar-refractivity contribution < 1.29 is 17.6 Å². The lowest BCUT2D eigenvalue weighted by Crippen LogP contribution is -2.25. The summed E-state index contributed by atoms with van der Waals surface area (Å²) in [5.74, 6) is -4.40. The van der Waals surface area contributed by atoms with Gasteiger partial charge in [0.15, 0.2) is 17.5 Å². The number of nitrogens with one attached hydrogen (secondary N) is 1. The fourth-order valence-electron chi connectivity index (χ4n) is 2.23. The Hall–Kier alpha value is -1.88. The molecule has 0 aliphatic carbocycles. The van der Waals surface area contributed by atoms with Gasteiger partial charge in [0.25, 0.3) is 0 Å². The van der Waals surface area contributed by atoms with E-state index in [4.69, 9.17) is 0 Å². The minimum Gasteiger partial charge on any atom is -0.310 e. The van der Waals surface area contributed by atoms with Crippen LogP contribution in [0, 0.1) is 23.3 Å². The fourth-order valence-corrected chi connectivity index (χ4v) is 2.23. The van der Waals surface area contributed by atoms with Crippen molar-refractivity contribution in [2.45, 2.75) is 19.4 Å². The summed E-state index contributed by atoms with van der Waals surface area (Å²) in [6.45, 7) is 2.28. The van der Waals surface area contributed by atoms with Gasteiger partial charge in [0, 0.05) is 11.6 Å². The van der Waals surface area contributed by atoms with Crippen LogP contribution < -0.4 is 5.32 Å². The lowest BCUT2D eigenvalue weighted by molar-refractivity contribution is 0.423. The first-order chi connectivity index (χ1) is 10.0. The number of hydrogen-bond acceptors (Lipinski definition) is 1. The Morgan fingerprint density at radius 2 is 1.62 bits per heavy atom. The second kappa shape index (κ2) is 6.72. The average Bonchev–Trinajstić information content (AvgIpc) is 2.47. The molecule has 0 aliphatic rings. The van der Waals surface area contributed by atoms with Crippen LogP contribution in [0.1, 0.15) is 24.1 Å². The highest BCUT2D eigenvalue weighted by atomic mass is 19.2. The zero-order valence-corrected chi connectivity index (χ0v) is 11.5. The summed E-state index contributed by atoms with van der Waals surface area (Å²) in [5, 5.41) is 2.97. The summed E-state index contributed by atoms with van der Waals surface area (Å²) < 4.78 is 53.9. The van der Waals surface area contributed by atoms with Crippen LogP contribution >= 0.6 is 0 Å². The van der Waals surface area contributed by atoms with Crippen LogP contribution in [0.25, 0.3) is 0 Å². The van der Waals surface area contributed by atoms with Crippen LogP contribution in [0.3, 0.4) is 0 Å². The molecule has 112 valence electrons. The van der Waals surface area contributed by atoms with Gasteiger partial charge in [-0.25, -0.2) is 17.6 Å². The Bertz CT molecular complexity index is 628. The minimum absolute atomic E-state index is 0.0148. The number of likely N-dealkylation sites (N-methyl/N-ethyl adjacent to an activating group) is 1. The van der Waals surface area contributed by atoms with Gasteiger partial charge in [-0.1, -0.05) is 31.2 Å². The van der Waals surface area contributed by atoms with Gasteiger partial charge in [0.1, 0.15) is 5.82 Å². The molecule has 1 nitrogen and oxygen atoms in total. The Kier molecular flexibility index (Phi) is 4.96. The number of hydrogen-bond donors (Lipinski definition) is 1. The third-order valence-electron chi connectivity index (χ3n) is 3.27. The number of rotatable bonds is 5. The molecule has 5 heteroatoms. The maximum absolute atomic E-state index is 13.9. The van der Waals surface area contributed by atoms with Gasteiger partial charge in [0.2, 0.25) is 0 Å². The van der Waals surface area contributed by atoms with E-state index in [1.165, 1.54) is 12.1 Å². The van der Waals surface area contributed by atoms with Crippen molar-refractivity contribution in [2.75, 3.05) is 6.54 Å². The molecule has 0 saturated heterocycles. The molecule has 2 aromatic rings. The fraction of sp³-hybridized carbons (Fsp3) is 0.250. The molecule has 0 amide bonds. The van der Waals surface area contributed by atoms with E-state index in [0.29, 0.717) is 12.1 Å². The maximum Gasteiger partial charge on any atom is 0.194 e. The van der Waals surface area contributed by atoms with Crippen molar-refractivity contribution in [1.29, 1.82) is 0 Å². The molecule has 1 atom stereocenters. The third kappa shape index (κ3) is 3.42. The van der Waals surface area contributed by atoms with E-state index in [1.807, 2.05) is 0 Å². The predicted octanol–water partition coefficient (Wildman–Crippen LogP) is 4.14. The van der Waals surface area contributed by atoms with E-state index in [1.54, 1.807) is 25.1 Å². The first kappa shape index (κ1) is 15.5. The first-order valence-corrected chi connectivity index (χ1v) is 6.64. The quantitative estimate of drug-likeness (QED) is 0.646. The van der Waals surface area contributed by atoms with Crippen LogP contribution in [-0.2, 0) is 6.42 Å². The molecule has 0 bridgehead atoms. The normalized spacial score (nSPS) is 12.4. The minimum atomic E-state index is -1.51. The summed E-state index contributed by atoms with van der Waals surface area (Å²) in [6.07, 6.45) is 0.141. The van der Waals surface area contributed by atoms with E-state index in [2.05, 4.69) is 5.32 Å². The third-order valence-corrected chi connectivity index (χ3v) is 3.27. The topological polar surface area (TPSA) is 12.0 Å². The highest BCUT2D eigenvalue weighted by Gasteiger charge is 2.21. The summed E-state index contributed by atoms with van der Waals surface area (Å²) >= 11 is 0. The molecule has 0 fully saturated rings. The van der Waals surface area contributed by atoms with Gasteiger partial charge in [-0.15, -0.1) is 0 Å². The van der Waals surface area contributed by atoms with Crippen molar-refractivity contribution in [3.8, 4) is 0 Å². The van der Waals surface area contributed by atoms with Crippen molar-refractivity contribution in [2.24, 2.45) is 0 Å². The Morgan fingerprint density at radius 3 is 2.29 bits per heavy atom. The largest absolute Gasteiger partial charge is 0.310 e. The molecule has 0 spiro atoms. The molecule has 21 heavy (non-hydrogen) atoms. The van der Waals surface area contributed by atoms with Crippen LogP contribution in [0.15, 0.2) is 36.4 Å². The van der Waals surface area contributed by atoms with E-state index in [0.717, 1.165) is 6.07 Å². The molecule has 1 unspecified atom stereocenters. The highest BCUT2D eigenvalue weighted by molar-refractivity contribution is 5.27. The second-order valence-electron chi connectivity index (χ2n) is 4.67. The SMILES string of the molecule is CCNC(Cc1ccccc1F)c1ccc(F)c(F)c1F. The number of benzene rings is 2. The molecular formula is C16H15F4N. The van der Waals surface area contributed by atoms with Gasteiger partial charge >= 0.3 is 0 Å². The van der Waals surface area contributed by atoms with Crippen molar-refractivity contribution in [3.05, 3.63) is 70.8 Å². The van der Waals surface area contributed by atoms with Crippen LogP contribution in [0.2, 0.25) is 0 Å². The van der Waals surface area contributed by atoms with E-state index in [-0.39, 0.29) is 12.0 Å². The summed E-state index contributed by atoms with van der Waals surface area (Å²) in [7, 11) is 0. The van der Waals surface area contributed by atoms with Gasteiger partial charge < -0.3 is 5.32 Å². The first-order valence-electron chi connectivity index (χ1n) is 6.64. The molecule has 1 N–H and O–H groups in total. The molecule has 0 radical (unpaired) electrons. The lowest BCUT2D eigenvalue weighted by Gasteiger charge is -2.19. The summed E-state index contributed by atoms with van der Waals surface area (Å²) in [4.78, 5) is 0. The van der Waals surface area contributed by atoms with Gasteiger partial charge in [-0.2, -0.15) is 0 Å². The number of halogens is 4. The van der Waals surface area contributed by atoms with Gasteiger partial charge in [0.05, 0.1) is 0 Å². The molecule has 0 heterocycles. The Balaban J connectivity index is 2.36. The van der Waals surface area contributed by atoms with Gasteiger partial charge in [-0.05, 0) is 30.7 Å². The van der Waals surface area contributed by atoms with E-state index < -0.39 is 29.3 Å². The summed E-state index contributed by atoms with van der Waals surface area (Å²) in [5.41, 5.74) is 0.367. The zero-order valence-electron chi connectivity index (χ0n) is 11.5. The average molecular weight is 297 g/mol. The zero-order chi connectivity index (χ0) is 15.4. The van der Waals surface area contributed by atoms with Crippen LogP contribution in [0.5, 0.6) is 0 Å². The van der Waals surface area contributed by atoms with E-state index in [9.17, 15) is 17.6 Å². The van der Waals surface area contributed by atoms with Crippen LogP contribution in [0.4, 0.5) is 17.6 Å². The molecule has 0 aromatic heterocycles. The van der Waals surface area contributed by atoms with Gasteiger partial charge in [-0.3, -0.25) is 0 Å². The molecule has 0 saturated carbocycles. The smallest absolute Gasteiger partial charge is 0.194 e. The van der Waals surface area contributed by atoms with E-state index >= 15 is 0 Å². The predicted molar refractivity (Wildman–Crippen MR) is 72.8 cm³/mol. The molecule has 2 aromatic carbocycles. The maximum atomic E-state index is 13.9. The molecule has 0 aliphatic heterocycles. The second-order valence-corrected chi connectivity index (χ2v) is 4.67. The molecule has 2 rings (SSSR count). The van der Waals surface area contributed by atoms with Crippen molar-refractivity contribution in [1.82, 2.24) is 5.32 Å². The Morgan fingerprint density at radius 1 is 0.905 bits per heavy atom. The summed E-state index contributed by atoms with van der Waals surface area (Å²) in [6, 6.07) is 7.53.